The van der Waals surface area contributed by atoms with Gasteiger partial charge in [0.15, 0.2) is 0 Å². The number of rotatable bonds is 7. The van der Waals surface area contributed by atoms with Gasteiger partial charge in [-0.1, -0.05) is 26.0 Å². The molecular weight excluding hydrogens is 394 g/mol. The van der Waals surface area contributed by atoms with Crippen molar-refractivity contribution >= 4 is 17.7 Å². The lowest BCUT2D eigenvalue weighted by atomic mass is 9.96. The summed E-state index contributed by atoms with van der Waals surface area (Å²) in [6.07, 6.45) is 3.05. The lowest BCUT2D eigenvalue weighted by Gasteiger charge is -2.35. The van der Waals surface area contributed by atoms with Gasteiger partial charge in [-0.15, -0.1) is 0 Å². The molecule has 2 fully saturated rings. The molecule has 7 heteroatoms. The zero-order valence-corrected chi connectivity index (χ0v) is 18.9. The second-order valence-corrected chi connectivity index (χ2v) is 8.85. The number of benzene rings is 1. The molecule has 170 valence electrons. The first-order valence-electron chi connectivity index (χ1n) is 11.5. The molecular formula is C24H35N3O4. The molecule has 2 saturated heterocycles. The van der Waals surface area contributed by atoms with Crippen LogP contribution in [0.25, 0.3) is 0 Å². The molecule has 0 spiro atoms. The highest BCUT2D eigenvalue weighted by Crippen LogP contribution is 2.27. The maximum Gasteiger partial charge on any atom is 0.258 e. The van der Waals surface area contributed by atoms with Crippen LogP contribution < -0.4 is 10.1 Å². The molecule has 1 aromatic carbocycles. The first-order chi connectivity index (χ1) is 14.9. The first kappa shape index (κ1) is 23.1. The van der Waals surface area contributed by atoms with Crippen molar-refractivity contribution in [3.05, 3.63) is 29.8 Å². The van der Waals surface area contributed by atoms with Gasteiger partial charge in [0.25, 0.3) is 5.91 Å². The lowest BCUT2D eigenvalue weighted by molar-refractivity contribution is -0.139. The van der Waals surface area contributed by atoms with E-state index in [0.717, 1.165) is 19.3 Å². The summed E-state index contributed by atoms with van der Waals surface area (Å²) in [4.78, 5) is 42.6. The molecule has 31 heavy (non-hydrogen) atoms. The van der Waals surface area contributed by atoms with Crippen molar-refractivity contribution < 1.29 is 19.1 Å². The van der Waals surface area contributed by atoms with E-state index in [9.17, 15) is 14.4 Å². The number of para-hydroxylation sites is 1. The van der Waals surface area contributed by atoms with Crippen molar-refractivity contribution in [2.24, 2.45) is 11.8 Å². The summed E-state index contributed by atoms with van der Waals surface area (Å²) < 4.78 is 5.62. The zero-order valence-electron chi connectivity index (χ0n) is 18.9. The number of hydrogen-bond donors (Lipinski definition) is 1. The Bertz CT molecular complexity index is 795. The van der Waals surface area contributed by atoms with E-state index in [4.69, 9.17) is 4.74 Å². The van der Waals surface area contributed by atoms with Gasteiger partial charge >= 0.3 is 0 Å². The van der Waals surface area contributed by atoms with Crippen LogP contribution in [0, 0.1) is 11.8 Å². The van der Waals surface area contributed by atoms with Gasteiger partial charge in [-0.05, 0) is 50.7 Å². The van der Waals surface area contributed by atoms with Gasteiger partial charge in [-0.2, -0.15) is 0 Å². The van der Waals surface area contributed by atoms with Gasteiger partial charge in [0, 0.05) is 26.2 Å². The summed E-state index contributed by atoms with van der Waals surface area (Å²) in [7, 11) is 0. The highest BCUT2D eigenvalue weighted by Gasteiger charge is 2.39. The number of hydrogen-bond acceptors (Lipinski definition) is 4. The second-order valence-electron chi connectivity index (χ2n) is 8.85. The number of nitrogens with zero attached hydrogens (tertiary/aromatic N) is 2. The molecule has 0 radical (unpaired) electrons. The van der Waals surface area contributed by atoms with Crippen LogP contribution in [0.4, 0.5) is 0 Å². The highest BCUT2D eigenvalue weighted by molar-refractivity contribution is 6.00. The summed E-state index contributed by atoms with van der Waals surface area (Å²) in [5.41, 5.74) is 0.494. The van der Waals surface area contributed by atoms with Crippen molar-refractivity contribution in [2.75, 3.05) is 32.8 Å². The Balaban J connectivity index is 1.68. The van der Waals surface area contributed by atoms with E-state index in [1.165, 1.54) is 0 Å². The number of carbonyl (C=O) groups is 3. The Morgan fingerprint density at radius 1 is 1.13 bits per heavy atom. The summed E-state index contributed by atoms with van der Waals surface area (Å²) in [5.74, 6) is 0.581. The molecule has 0 bridgehead atoms. The predicted molar refractivity (Wildman–Crippen MR) is 119 cm³/mol. The third-order valence-corrected chi connectivity index (χ3v) is 6.00. The van der Waals surface area contributed by atoms with Gasteiger partial charge in [-0.25, -0.2) is 0 Å². The van der Waals surface area contributed by atoms with Crippen LogP contribution in [0.3, 0.4) is 0 Å². The van der Waals surface area contributed by atoms with E-state index in [0.29, 0.717) is 56.4 Å². The highest BCUT2D eigenvalue weighted by atomic mass is 16.5. The largest absolute Gasteiger partial charge is 0.493 e. The smallest absolute Gasteiger partial charge is 0.258 e. The Kier molecular flexibility index (Phi) is 7.93. The van der Waals surface area contributed by atoms with Crippen molar-refractivity contribution in [2.45, 2.75) is 52.5 Å². The molecule has 3 amide bonds. The average molecular weight is 430 g/mol. The minimum atomic E-state index is -0.473. The monoisotopic (exact) mass is 429 g/mol. The van der Waals surface area contributed by atoms with Gasteiger partial charge < -0.3 is 19.9 Å². The fourth-order valence-electron chi connectivity index (χ4n) is 4.40. The maximum atomic E-state index is 13.4. The van der Waals surface area contributed by atoms with Crippen molar-refractivity contribution in [1.29, 1.82) is 0 Å². The summed E-state index contributed by atoms with van der Waals surface area (Å²) in [6, 6.07) is 6.72. The fourth-order valence-corrected chi connectivity index (χ4v) is 4.40. The number of piperidine rings is 1. The quantitative estimate of drug-likeness (QED) is 0.723. The average Bonchev–Trinajstić information content (AvgIpc) is 3.27. The van der Waals surface area contributed by atoms with E-state index in [-0.39, 0.29) is 23.6 Å². The van der Waals surface area contributed by atoms with E-state index < -0.39 is 6.04 Å². The Labute approximate surface area is 185 Å². The lowest BCUT2D eigenvalue weighted by Crippen LogP contribution is -2.52. The standard InChI is InChI=1S/C24H35N3O4/c1-4-31-21-12-6-5-10-19(21)23(29)27-14-8-11-20(27)24(30)26-13-7-9-18(16-26)22(28)25-15-17(2)3/h5-6,10,12,17-18,20H,4,7-9,11,13-16H2,1-3H3,(H,25,28)/t18-,20-/m1/s1. The normalized spacial score (nSPS) is 21.3. The first-order valence-corrected chi connectivity index (χ1v) is 11.5. The van der Waals surface area contributed by atoms with Gasteiger partial charge in [0.1, 0.15) is 11.8 Å². The van der Waals surface area contributed by atoms with Crippen LogP contribution in [0.2, 0.25) is 0 Å². The number of nitrogens with one attached hydrogen (secondary N) is 1. The molecule has 3 rings (SSSR count). The van der Waals surface area contributed by atoms with E-state index in [2.05, 4.69) is 19.2 Å². The minimum absolute atomic E-state index is 0.0243. The Morgan fingerprint density at radius 2 is 1.87 bits per heavy atom. The maximum absolute atomic E-state index is 13.4. The van der Waals surface area contributed by atoms with Gasteiger partial charge in [-0.3, -0.25) is 14.4 Å². The summed E-state index contributed by atoms with van der Waals surface area (Å²) in [6.45, 7) is 8.75. The number of likely N-dealkylation sites (tertiary alicyclic amines) is 2. The van der Waals surface area contributed by atoms with Gasteiger partial charge in [0.2, 0.25) is 11.8 Å². The van der Waals surface area contributed by atoms with Crippen LogP contribution >= 0.6 is 0 Å². The fraction of sp³-hybridized carbons (Fsp3) is 0.625. The van der Waals surface area contributed by atoms with E-state index in [1.54, 1.807) is 21.9 Å². The molecule has 0 saturated carbocycles. The molecule has 0 unspecified atom stereocenters. The van der Waals surface area contributed by atoms with Crippen LogP contribution in [0.1, 0.15) is 56.8 Å². The SMILES string of the molecule is CCOc1ccccc1C(=O)N1CCC[C@@H]1C(=O)N1CCC[C@@H](C(=O)NCC(C)C)C1. The summed E-state index contributed by atoms with van der Waals surface area (Å²) >= 11 is 0. The molecule has 1 aromatic rings. The number of carbonyl (C=O) groups excluding carboxylic acids is 3. The van der Waals surface area contributed by atoms with Crippen molar-refractivity contribution in [1.82, 2.24) is 15.1 Å². The molecule has 2 aliphatic heterocycles. The Morgan fingerprint density at radius 3 is 2.61 bits per heavy atom. The molecule has 2 aliphatic rings. The topological polar surface area (TPSA) is 79.0 Å². The van der Waals surface area contributed by atoms with Crippen LogP contribution in [-0.2, 0) is 9.59 Å². The van der Waals surface area contributed by atoms with Crippen LogP contribution in [0.5, 0.6) is 5.75 Å². The predicted octanol–water partition coefficient (Wildman–Crippen LogP) is 2.70. The van der Waals surface area contributed by atoms with E-state index >= 15 is 0 Å². The van der Waals surface area contributed by atoms with Crippen LogP contribution in [0.15, 0.2) is 24.3 Å². The molecule has 0 aliphatic carbocycles. The zero-order chi connectivity index (χ0) is 22.4. The van der Waals surface area contributed by atoms with Gasteiger partial charge in [0.05, 0.1) is 18.1 Å². The molecule has 2 atom stereocenters. The molecule has 0 aromatic heterocycles. The second kappa shape index (κ2) is 10.6. The Hall–Kier alpha value is -2.57. The van der Waals surface area contributed by atoms with Crippen LogP contribution in [-0.4, -0.2) is 66.3 Å². The van der Waals surface area contributed by atoms with Crippen molar-refractivity contribution in [3.8, 4) is 5.75 Å². The minimum Gasteiger partial charge on any atom is -0.493 e. The molecule has 1 N–H and O–H groups in total. The van der Waals surface area contributed by atoms with E-state index in [1.807, 2.05) is 19.1 Å². The number of amides is 3. The van der Waals surface area contributed by atoms with Crippen molar-refractivity contribution in [3.63, 3.8) is 0 Å². The summed E-state index contributed by atoms with van der Waals surface area (Å²) in [5, 5.41) is 2.99. The third-order valence-electron chi connectivity index (χ3n) is 6.00. The molecule has 2 heterocycles. The third kappa shape index (κ3) is 5.57. The molecule has 7 nitrogen and oxygen atoms in total. The number of ether oxygens (including phenoxy) is 1.